The first-order chi connectivity index (χ1) is 12.5. The molecule has 1 heterocycles. The summed E-state index contributed by atoms with van der Waals surface area (Å²) in [5.74, 6) is -1.05. The van der Waals surface area contributed by atoms with Gasteiger partial charge >= 0.3 is 5.97 Å². The minimum atomic E-state index is -0.640. The number of hydrogen-bond donors (Lipinski definition) is 1. The molecule has 0 radical (unpaired) electrons. The van der Waals surface area contributed by atoms with E-state index < -0.39 is 5.97 Å². The Morgan fingerprint density at radius 1 is 1.23 bits per heavy atom. The van der Waals surface area contributed by atoms with E-state index in [1.54, 1.807) is 29.1 Å². The predicted molar refractivity (Wildman–Crippen MR) is 98.0 cm³/mol. The van der Waals surface area contributed by atoms with Crippen LogP contribution >= 0.6 is 15.9 Å². The van der Waals surface area contributed by atoms with Crippen molar-refractivity contribution in [1.82, 2.24) is 9.78 Å². The van der Waals surface area contributed by atoms with E-state index in [1.807, 2.05) is 12.3 Å². The summed E-state index contributed by atoms with van der Waals surface area (Å²) < 4.78 is 15.5. The zero-order valence-electron chi connectivity index (χ0n) is 13.5. The third-order valence-electron chi connectivity index (χ3n) is 3.48. The summed E-state index contributed by atoms with van der Waals surface area (Å²) in [6.45, 7) is 0.508. The first kappa shape index (κ1) is 17.8. The monoisotopic (exact) mass is 416 g/mol. The Hall–Kier alpha value is -3.00. The molecule has 0 amide bonds. The number of oxime groups is 1. The molecule has 0 saturated heterocycles. The van der Waals surface area contributed by atoms with Crippen molar-refractivity contribution >= 4 is 27.7 Å². The average Bonchev–Trinajstić information content (AvgIpc) is 3.05. The van der Waals surface area contributed by atoms with Crippen LogP contribution in [0, 0.1) is 5.82 Å². The lowest BCUT2D eigenvalue weighted by atomic mass is 10.1. The van der Waals surface area contributed by atoms with Gasteiger partial charge in [0.25, 0.3) is 0 Å². The number of nitrogens with two attached hydrogens (primary N) is 1. The lowest BCUT2D eigenvalue weighted by Crippen LogP contribution is -2.15. The lowest BCUT2D eigenvalue weighted by molar-refractivity contribution is 0.0516. The van der Waals surface area contributed by atoms with Gasteiger partial charge < -0.3 is 10.6 Å². The Labute approximate surface area is 157 Å². The van der Waals surface area contributed by atoms with Crippen LogP contribution in [0.15, 0.2) is 70.6 Å². The number of carbonyl (C=O) groups excluding carboxylic acids is 1. The lowest BCUT2D eigenvalue weighted by Gasteiger charge is -2.05. The molecular formula is C18H14BrFN4O2. The molecular weight excluding hydrogens is 403 g/mol. The highest BCUT2D eigenvalue weighted by Gasteiger charge is 2.09. The molecule has 0 aliphatic carbocycles. The standard InChI is InChI=1S/C18H14BrFN4O2/c19-15-9-22-24(11-15)10-12-2-1-3-14(8-12)18(25)26-23-17(21)13-4-6-16(20)7-5-13/h1-9,11H,10H2,(H2,21,23). The molecule has 6 nitrogen and oxygen atoms in total. The van der Waals surface area contributed by atoms with Crippen LogP contribution in [-0.2, 0) is 11.4 Å². The average molecular weight is 417 g/mol. The summed E-state index contributed by atoms with van der Waals surface area (Å²) in [6, 6.07) is 12.3. The van der Waals surface area contributed by atoms with E-state index in [0.29, 0.717) is 17.7 Å². The van der Waals surface area contributed by atoms with E-state index in [1.165, 1.54) is 24.3 Å². The molecule has 26 heavy (non-hydrogen) atoms. The Morgan fingerprint density at radius 3 is 2.69 bits per heavy atom. The van der Waals surface area contributed by atoms with E-state index in [0.717, 1.165) is 10.0 Å². The van der Waals surface area contributed by atoms with E-state index in [4.69, 9.17) is 10.6 Å². The zero-order chi connectivity index (χ0) is 18.5. The number of hydrogen-bond acceptors (Lipinski definition) is 4. The van der Waals surface area contributed by atoms with Crippen molar-refractivity contribution in [1.29, 1.82) is 0 Å². The molecule has 2 N–H and O–H groups in total. The molecule has 1 aromatic heterocycles. The van der Waals surface area contributed by atoms with Gasteiger partial charge in [0.1, 0.15) is 5.82 Å². The van der Waals surface area contributed by atoms with E-state index in [2.05, 4.69) is 26.2 Å². The first-order valence-electron chi connectivity index (χ1n) is 7.59. The third kappa shape index (κ3) is 4.54. The Balaban J connectivity index is 1.68. The SMILES string of the molecule is N/C(=N\OC(=O)c1cccc(Cn2cc(Br)cn2)c1)c1ccc(F)cc1. The van der Waals surface area contributed by atoms with Crippen molar-refractivity contribution in [2.75, 3.05) is 0 Å². The minimum absolute atomic E-state index is 0.0177. The maximum atomic E-state index is 12.9. The fraction of sp³-hybridized carbons (Fsp3) is 0.0556. The highest BCUT2D eigenvalue weighted by atomic mass is 79.9. The molecule has 0 fully saturated rings. The summed E-state index contributed by atoms with van der Waals surface area (Å²) in [7, 11) is 0. The summed E-state index contributed by atoms with van der Waals surface area (Å²) in [6.07, 6.45) is 3.52. The van der Waals surface area contributed by atoms with Crippen LogP contribution in [-0.4, -0.2) is 21.6 Å². The molecule has 0 spiro atoms. The van der Waals surface area contributed by atoms with Gasteiger partial charge in [0.05, 0.1) is 22.8 Å². The fourth-order valence-corrected chi connectivity index (χ4v) is 2.55. The number of benzene rings is 2. The Kier molecular flexibility index (Phi) is 5.43. The van der Waals surface area contributed by atoms with Gasteiger partial charge in [-0.2, -0.15) is 5.10 Å². The molecule has 0 aliphatic heterocycles. The number of nitrogens with zero attached hydrogens (tertiary/aromatic N) is 3. The van der Waals surface area contributed by atoms with Gasteiger partial charge in [-0.1, -0.05) is 17.3 Å². The van der Waals surface area contributed by atoms with Gasteiger partial charge in [-0.15, -0.1) is 0 Å². The summed E-state index contributed by atoms with van der Waals surface area (Å²) in [4.78, 5) is 17.1. The normalized spacial score (nSPS) is 11.4. The molecule has 2 aromatic carbocycles. The smallest absolute Gasteiger partial charge is 0.365 e. The molecule has 8 heteroatoms. The molecule has 0 unspecified atom stereocenters. The van der Waals surface area contributed by atoms with Crippen LogP contribution in [0.5, 0.6) is 0 Å². The maximum Gasteiger partial charge on any atom is 0.365 e. The van der Waals surface area contributed by atoms with Gasteiger partial charge in [-0.3, -0.25) is 4.68 Å². The van der Waals surface area contributed by atoms with E-state index >= 15 is 0 Å². The van der Waals surface area contributed by atoms with Gasteiger partial charge in [0, 0.05) is 11.8 Å². The van der Waals surface area contributed by atoms with Gasteiger partial charge in [0.15, 0.2) is 5.84 Å². The summed E-state index contributed by atoms with van der Waals surface area (Å²) in [5, 5.41) is 7.79. The number of carbonyl (C=O) groups is 1. The Bertz CT molecular complexity index is 954. The second-order valence-electron chi connectivity index (χ2n) is 5.42. The third-order valence-corrected chi connectivity index (χ3v) is 3.89. The van der Waals surface area contributed by atoms with Gasteiger partial charge in [-0.05, 0) is 57.9 Å². The number of aromatic nitrogens is 2. The topological polar surface area (TPSA) is 82.5 Å². The van der Waals surface area contributed by atoms with Gasteiger partial charge in [-0.25, -0.2) is 9.18 Å². The molecule has 3 aromatic rings. The predicted octanol–water partition coefficient (Wildman–Crippen LogP) is 3.31. The second-order valence-corrected chi connectivity index (χ2v) is 6.33. The van der Waals surface area contributed by atoms with Crippen LogP contribution in [0.25, 0.3) is 0 Å². The summed E-state index contributed by atoms with van der Waals surface area (Å²) in [5.41, 5.74) is 7.41. The van der Waals surface area contributed by atoms with E-state index in [-0.39, 0.29) is 11.7 Å². The number of rotatable bonds is 5. The highest BCUT2D eigenvalue weighted by Crippen LogP contribution is 2.12. The van der Waals surface area contributed by atoms with Crippen molar-refractivity contribution in [3.05, 3.63) is 87.9 Å². The van der Waals surface area contributed by atoms with Crippen molar-refractivity contribution in [3.63, 3.8) is 0 Å². The largest absolute Gasteiger partial charge is 0.380 e. The van der Waals surface area contributed by atoms with Crippen LogP contribution in [0.3, 0.4) is 0 Å². The molecule has 132 valence electrons. The number of amidine groups is 1. The molecule has 0 atom stereocenters. The molecule has 0 saturated carbocycles. The van der Waals surface area contributed by atoms with Crippen LogP contribution in [0.4, 0.5) is 4.39 Å². The second kappa shape index (κ2) is 7.92. The summed E-state index contributed by atoms with van der Waals surface area (Å²) >= 11 is 3.34. The highest BCUT2D eigenvalue weighted by molar-refractivity contribution is 9.10. The Morgan fingerprint density at radius 2 is 2.00 bits per heavy atom. The van der Waals surface area contributed by atoms with Crippen molar-refractivity contribution in [2.45, 2.75) is 6.54 Å². The van der Waals surface area contributed by atoms with Crippen molar-refractivity contribution < 1.29 is 14.0 Å². The van der Waals surface area contributed by atoms with Crippen LogP contribution < -0.4 is 5.73 Å². The van der Waals surface area contributed by atoms with Crippen LogP contribution in [0.1, 0.15) is 21.5 Å². The van der Waals surface area contributed by atoms with Crippen molar-refractivity contribution in [2.24, 2.45) is 10.9 Å². The molecule has 0 aliphatic rings. The minimum Gasteiger partial charge on any atom is -0.380 e. The quantitative estimate of drug-likeness (QED) is 0.299. The molecule has 3 rings (SSSR count). The maximum absolute atomic E-state index is 12.9. The van der Waals surface area contributed by atoms with Crippen LogP contribution in [0.2, 0.25) is 0 Å². The number of halogens is 2. The fourth-order valence-electron chi connectivity index (χ4n) is 2.23. The van der Waals surface area contributed by atoms with Gasteiger partial charge in [0.2, 0.25) is 0 Å². The zero-order valence-corrected chi connectivity index (χ0v) is 15.1. The molecule has 0 bridgehead atoms. The van der Waals surface area contributed by atoms with Crippen molar-refractivity contribution in [3.8, 4) is 0 Å². The first-order valence-corrected chi connectivity index (χ1v) is 8.38. The van der Waals surface area contributed by atoms with E-state index in [9.17, 15) is 9.18 Å².